The summed E-state index contributed by atoms with van der Waals surface area (Å²) in [7, 11) is 0. The quantitative estimate of drug-likeness (QED) is 0.794. The predicted octanol–water partition coefficient (Wildman–Crippen LogP) is 1.46. The summed E-state index contributed by atoms with van der Waals surface area (Å²) in [5.41, 5.74) is 0.744. The fourth-order valence-corrected chi connectivity index (χ4v) is 1.33. The van der Waals surface area contributed by atoms with Crippen LogP contribution in [-0.2, 0) is 11.2 Å². The van der Waals surface area contributed by atoms with Gasteiger partial charge in [-0.3, -0.25) is 0 Å². The third-order valence-electron chi connectivity index (χ3n) is 1.98. The van der Waals surface area contributed by atoms with Gasteiger partial charge < -0.3 is 14.9 Å². The molecule has 0 amide bonds. The minimum atomic E-state index is -1.37. The molecule has 1 atom stereocenters. The van der Waals surface area contributed by atoms with Crippen LogP contribution in [0.15, 0.2) is 24.3 Å². The Balaban J connectivity index is 2.70. The highest BCUT2D eigenvalue weighted by atomic mass is 16.5. The minimum absolute atomic E-state index is 0.0691. The molecular weight excluding hydrogens is 208 g/mol. The van der Waals surface area contributed by atoms with Crippen LogP contribution in [0.1, 0.15) is 19.4 Å². The summed E-state index contributed by atoms with van der Waals surface area (Å²) in [6, 6.07) is 7.09. The molecular formula is C12H16O4. The van der Waals surface area contributed by atoms with Gasteiger partial charge >= 0.3 is 5.97 Å². The number of carboxylic acids is 1. The molecule has 2 N–H and O–H groups in total. The van der Waals surface area contributed by atoms with Gasteiger partial charge in [-0.15, -0.1) is 0 Å². The topological polar surface area (TPSA) is 66.8 Å². The smallest absolute Gasteiger partial charge is 0.332 e. The lowest BCUT2D eigenvalue weighted by Gasteiger charge is -2.11. The van der Waals surface area contributed by atoms with Crippen LogP contribution in [0.25, 0.3) is 0 Å². The van der Waals surface area contributed by atoms with Gasteiger partial charge in [0.2, 0.25) is 0 Å². The zero-order valence-electron chi connectivity index (χ0n) is 9.38. The summed E-state index contributed by atoms with van der Waals surface area (Å²) in [4.78, 5) is 10.5. The minimum Gasteiger partial charge on any atom is -0.491 e. The average Bonchev–Trinajstić information content (AvgIpc) is 2.16. The van der Waals surface area contributed by atoms with Crippen LogP contribution >= 0.6 is 0 Å². The van der Waals surface area contributed by atoms with E-state index in [4.69, 9.17) is 9.84 Å². The first-order valence-corrected chi connectivity index (χ1v) is 5.15. The molecule has 88 valence electrons. The van der Waals surface area contributed by atoms with Gasteiger partial charge in [0.15, 0.2) is 6.10 Å². The lowest BCUT2D eigenvalue weighted by Crippen LogP contribution is -2.21. The monoisotopic (exact) mass is 224 g/mol. The Kier molecular flexibility index (Phi) is 4.31. The number of aliphatic carboxylic acids is 1. The van der Waals surface area contributed by atoms with E-state index in [-0.39, 0.29) is 12.5 Å². The molecule has 0 saturated carbocycles. The van der Waals surface area contributed by atoms with E-state index in [2.05, 4.69) is 0 Å². The van der Waals surface area contributed by atoms with Gasteiger partial charge in [-0.25, -0.2) is 4.79 Å². The maximum Gasteiger partial charge on any atom is 0.332 e. The second kappa shape index (κ2) is 5.51. The first kappa shape index (κ1) is 12.5. The molecule has 4 heteroatoms. The van der Waals surface area contributed by atoms with Crippen molar-refractivity contribution < 1.29 is 19.7 Å². The van der Waals surface area contributed by atoms with Crippen molar-refractivity contribution in [2.24, 2.45) is 0 Å². The third-order valence-corrected chi connectivity index (χ3v) is 1.98. The third kappa shape index (κ3) is 3.90. The molecule has 0 saturated heterocycles. The largest absolute Gasteiger partial charge is 0.491 e. The van der Waals surface area contributed by atoms with Crippen LogP contribution in [0.3, 0.4) is 0 Å². The number of hydrogen-bond donors (Lipinski definition) is 2. The summed E-state index contributed by atoms with van der Waals surface area (Å²) >= 11 is 0. The van der Waals surface area contributed by atoms with E-state index >= 15 is 0 Å². The van der Waals surface area contributed by atoms with Crippen LogP contribution in [0.5, 0.6) is 5.75 Å². The SMILES string of the molecule is CC(C)Oc1cccc(CC(O)C(=O)O)c1. The van der Waals surface area contributed by atoms with E-state index in [1.807, 2.05) is 13.8 Å². The molecule has 0 aliphatic heterocycles. The van der Waals surface area contributed by atoms with E-state index in [1.54, 1.807) is 24.3 Å². The fourth-order valence-electron chi connectivity index (χ4n) is 1.33. The number of aliphatic hydroxyl groups is 1. The summed E-state index contributed by atoms with van der Waals surface area (Å²) in [6.07, 6.45) is -1.21. The number of ether oxygens (including phenoxy) is 1. The molecule has 1 unspecified atom stereocenters. The van der Waals surface area contributed by atoms with E-state index in [9.17, 15) is 9.90 Å². The van der Waals surface area contributed by atoms with E-state index in [0.29, 0.717) is 5.75 Å². The standard InChI is InChI=1S/C12H16O4/c1-8(2)16-10-5-3-4-9(6-10)7-11(13)12(14)15/h3-6,8,11,13H,7H2,1-2H3,(H,14,15). The van der Waals surface area contributed by atoms with Gasteiger partial charge in [-0.2, -0.15) is 0 Å². The number of carbonyl (C=O) groups is 1. The molecule has 0 aliphatic carbocycles. The Bertz CT molecular complexity index is 360. The molecule has 0 heterocycles. The molecule has 0 fully saturated rings. The Hall–Kier alpha value is -1.55. The second-order valence-electron chi connectivity index (χ2n) is 3.87. The highest BCUT2D eigenvalue weighted by Gasteiger charge is 2.13. The zero-order valence-corrected chi connectivity index (χ0v) is 9.38. The predicted molar refractivity (Wildman–Crippen MR) is 59.6 cm³/mol. The van der Waals surface area contributed by atoms with Gasteiger partial charge in [-0.05, 0) is 31.5 Å². The van der Waals surface area contributed by atoms with Crippen molar-refractivity contribution >= 4 is 5.97 Å². The molecule has 1 aromatic rings. The Labute approximate surface area is 94.5 Å². The summed E-state index contributed by atoms with van der Waals surface area (Å²) in [6.45, 7) is 3.83. The van der Waals surface area contributed by atoms with E-state index < -0.39 is 12.1 Å². The lowest BCUT2D eigenvalue weighted by atomic mass is 10.1. The number of carboxylic acid groups (broad SMARTS) is 1. The van der Waals surface area contributed by atoms with Crippen LogP contribution in [0, 0.1) is 0 Å². The number of benzene rings is 1. The zero-order chi connectivity index (χ0) is 12.1. The second-order valence-corrected chi connectivity index (χ2v) is 3.87. The molecule has 4 nitrogen and oxygen atoms in total. The van der Waals surface area contributed by atoms with Crippen LogP contribution in [0.2, 0.25) is 0 Å². The fraction of sp³-hybridized carbons (Fsp3) is 0.417. The van der Waals surface area contributed by atoms with Crippen LogP contribution < -0.4 is 4.74 Å². The normalized spacial score (nSPS) is 12.5. The van der Waals surface area contributed by atoms with Crippen molar-refractivity contribution in [3.8, 4) is 5.75 Å². The van der Waals surface area contributed by atoms with Gasteiger partial charge in [0.1, 0.15) is 5.75 Å². The molecule has 0 spiro atoms. The van der Waals surface area contributed by atoms with Crippen molar-refractivity contribution in [3.05, 3.63) is 29.8 Å². The molecule has 16 heavy (non-hydrogen) atoms. The lowest BCUT2D eigenvalue weighted by molar-refractivity contribution is -0.146. The first-order chi connectivity index (χ1) is 7.49. The molecule has 1 rings (SSSR count). The van der Waals surface area contributed by atoms with Crippen molar-refractivity contribution in [3.63, 3.8) is 0 Å². The van der Waals surface area contributed by atoms with Crippen molar-refractivity contribution in [2.75, 3.05) is 0 Å². The molecule has 1 aromatic carbocycles. The molecule has 0 radical (unpaired) electrons. The molecule has 0 bridgehead atoms. The Morgan fingerprint density at radius 3 is 2.69 bits per heavy atom. The maximum absolute atomic E-state index is 10.5. The van der Waals surface area contributed by atoms with Gasteiger partial charge in [-0.1, -0.05) is 12.1 Å². The van der Waals surface area contributed by atoms with Crippen molar-refractivity contribution in [1.82, 2.24) is 0 Å². The Morgan fingerprint density at radius 2 is 2.12 bits per heavy atom. The number of rotatable bonds is 5. The Morgan fingerprint density at radius 1 is 1.44 bits per heavy atom. The average molecular weight is 224 g/mol. The summed E-state index contributed by atoms with van der Waals surface area (Å²) in [5.74, 6) is -0.528. The number of aliphatic hydroxyl groups excluding tert-OH is 1. The summed E-state index contributed by atoms with van der Waals surface area (Å²) in [5, 5.41) is 17.8. The molecule has 0 aliphatic rings. The summed E-state index contributed by atoms with van der Waals surface area (Å²) < 4.78 is 5.47. The van der Waals surface area contributed by atoms with Gasteiger partial charge in [0.05, 0.1) is 6.10 Å². The van der Waals surface area contributed by atoms with E-state index in [1.165, 1.54) is 0 Å². The van der Waals surface area contributed by atoms with Crippen molar-refractivity contribution in [2.45, 2.75) is 32.5 Å². The first-order valence-electron chi connectivity index (χ1n) is 5.15. The highest BCUT2D eigenvalue weighted by molar-refractivity contribution is 5.72. The number of hydrogen-bond acceptors (Lipinski definition) is 3. The van der Waals surface area contributed by atoms with E-state index in [0.717, 1.165) is 5.56 Å². The molecule has 0 aromatic heterocycles. The van der Waals surface area contributed by atoms with Gasteiger partial charge in [0.25, 0.3) is 0 Å². The maximum atomic E-state index is 10.5. The van der Waals surface area contributed by atoms with Gasteiger partial charge in [0, 0.05) is 6.42 Å². The van der Waals surface area contributed by atoms with Crippen molar-refractivity contribution in [1.29, 1.82) is 0 Å². The van der Waals surface area contributed by atoms with Crippen LogP contribution in [0.4, 0.5) is 0 Å². The van der Waals surface area contributed by atoms with Crippen LogP contribution in [-0.4, -0.2) is 28.4 Å². The highest BCUT2D eigenvalue weighted by Crippen LogP contribution is 2.16.